The highest BCUT2D eigenvalue weighted by molar-refractivity contribution is 6.45. The molecule has 1 atom stereocenters. The summed E-state index contributed by atoms with van der Waals surface area (Å²) in [5, 5.41) is 0. The topological polar surface area (TPSA) is 49.9 Å². The smallest absolute Gasteiger partial charge is 0.406 e. The quantitative estimate of drug-likeness (QED) is 0.501. The van der Waals surface area contributed by atoms with E-state index in [1.165, 1.54) is 36.4 Å². The predicted molar refractivity (Wildman–Crippen MR) is 109 cm³/mol. The highest BCUT2D eigenvalue weighted by atomic mass is 19.4. The Morgan fingerprint density at radius 2 is 1.75 bits per heavy atom. The number of ether oxygens (including phenoxy) is 1. The molecule has 0 aromatic heterocycles. The Hall–Kier alpha value is -3.36. The average Bonchev–Trinajstić information content (AvgIpc) is 2.98. The van der Waals surface area contributed by atoms with Crippen LogP contribution in [0.2, 0.25) is 0 Å². The molecule has 1 fully saturated rings. The van der Waals surface area contributed by atoms with Gasteiger partial charge in [-0.15, -0.1) is 13.2 Å². The fourth-order valence-electron chi connectivity index (χ4n) is 4.14. The third-order valence-electron chi connectivity index (χ3n) is 5.47. The van der Waals surface area contributed by atoms with Gasteiger partial charge in [-0.3, -0.25) is 9.59 Å². The summed E-state index contributed by atoms with van der Waals surface area (Å²) in [6.45, 7) is 3.17. The van der Waals surface area contributed by atoms with Crippen molar-refractivity contribution in [2.45, 2.75) is 26.1 Å². The molecule has 2 aliphatic heterocycles. The number of rotatable bonds is 4. The van der Waals surface area contributed by atoms with Crippen LogP contribution in [0.3, 0.4) is 0 Å². The van der Waals surface area contributed by atoms with Gasteiger partial charge >= 0.3 is 6.36 Å². The van der Waals surface area contributed by atoms with E-state index in [1.54, 1.807) is 0 Å². The zero-order valence-corrected chi connectivity index (χ0v) is 17.2. The fourth-order valence-corrected chi connectivity index (χ4v) is 4.14. The molecule has 2 aromatic carbocycles. The zero-order chi connectivity index (χ0) is 23.0. The third-order valence-corrected chi connectivity index (χ3v) is 5.47. The maximum atomic E-state index is 13.5. The molecule has 0 radical (unpaired) electrons. The van der Waals surface area contributed by atoms with Gasteiger partial charge in [0.2, 0.25) is 0 Å². The zero-order valence-electron chi connectivity index (χ0n) is 17.2. The van der Waals surface area contributed by atoms with Crippen molar-refractivity contribution in [3.8, 4) is 5.75 Å². The van der Waals surface area contributed by atoms with Gasteiger partial charge in [-0.2, -0.15) is 0 Å². The SMILES string of the molecule is CC1CCCN(C2=C(c3ccc(F)cc3)C(=O)N(c3cccc(OC(F)(F)F)c3)C2=O)C1. The number of likely N-dealkylation sites (tertiary alicyclic amines) is 1. The second-order valence-electron chi connectivity index (χ2n) is 7.91. The molecule has 32 heavy (non-hydrogen) atoms. The number of alkyl halides is 3. The van der Waals surface area contributed by atoms with Crippen LogP contribution in [0.5, 0.6) is 5.75 Å². The molecular weight excluding hydrogens is 428 g/mol. The van der Waals surface area contributed by atoms with Crippen molar-refractivity contribution in [1.82, 2.24) is 4.90 Å². The Bertz CT molecular complexity index is 1080. The van der Waals surface area contributed by atoms with Crippen molar-refractivity contribution in [3.05, 3.63) is 65.6 Å². The first-order valence-electron chi connectivity index (χ1n) is 10.1. The number of carbonyl (C=O) groups excluding carboxylic acids is 2. The lowest BCUT2D eigenvalue weighted by molar-refractivity contribution is -0.274. The number of imide groups is 1. The summed E-state index contributed by atoms with van der Waals surface area (Å²) >= 11 is 0. The Kier molecular flexibility index (Phi) is 5.66. The molecule has 1 unspecified atom stereocenters. The summed E-state index contributed by atoms with van der Waals surface area (Å²) in [6, 6.07) is 9.93. The molecule has 1 saturated heterocycles. The summed E-state index contributed by atoms with van der Waals surface area (Å²) in [6.07, 6.45) is -3.10. The van der Waals surface area contributed by atoms with E-state index in [2.05, 4.69) is 4.74 Å². The van der Waals surface area contributed by atoms with Crippen molar-refractivity contribution in [2.75, 3.05) is 18.0 Å². The number of halogens is 4. The van der Waals surface area contributed by atoms with E-state index in [1.807, 2.05) is 11.8 Å². The molecule has 2 aliphatic rings. The second-order valence-corrected chi connectivity index (χ2v) is 7.91. The van der Waals surface area contributed by atoms with E-state index < -0.39 is 29.7 Å². The molecule has 168 valence electrons. The third kappa shape index (κ3) is 4.32. The van der Waals surface area contributed by atoms with Crippen molar-refractivity contribution < 1.29 is 31.9 Å². The summed E-state index contributed by atoms with van der Waals surface area (Å²) < 4.78 is 55.4. The van der Waals surface area contributed by atoms with Crippen molar-refractivity contribution in [2.24, 2.45) is 5.92 Å². The first-order valence-corrected chi connectivity index (χ1v) is 10.1. The van der Waals surface area contributed by atoms with E-state index in [-0.39, 0.29) is 17.0 Å². The number of amides is 2. The Balaban J connectivity index is 1.77. The summed E-state index contributed by atoms with van der Waals surface area (Å²) in [7, 11) is 0. The Labute approximate surface area is 181 Å². The van der Waals surface area contributed by atoms with E-state index in [0.29, 0.717) is 24.6 Å². The van der Waals surface area contributed by atoms with E-state index in [9.17, 15) is 27.2 Å². The van der Waals surface area contributed by atoms with Crippen LogP contribution in [-0.2, 0) is 9.59 Å². The number of anilines is 1. The molecule has 0 spiro atoms. The van der Waals surface area contributed by atoms with Gasteiger partial charge in [-0.25, -0.2) is 9.29 Å². The Morgan fingerprint density at radius 3 is 2.41 bits per heavy atom. The minimum atomic E-state index is -4.91. The van der Waals surface area contributed by atoms with Crippen LogP contribution in [0.1, 0.15) is 25.3 Å². The largest absolute Gasteiger partial charge is 0.573 e. The molecule has 5 nitrogen and oxygen atoms in total. The normalized spacial score (nSPS) is 19.7. The van der Waals surface area contributed by atoms with Crippen LogP contribution in [0.4, 0.5) is 23.2 Å². The lowest BCUT2D eigenvalue weighted by Gasteiger charge is -2.33. The number of carbonyl (C=O) groups is 2. The van der Waals surface area contributed by atoms with Gasteiger partial charge in [-0.1, -0.05) is 25.1 Å². The average molecular weight is 448 g/mol. The van der Waals surface area contributed by atoms with E-state index in [0.717, 1.165) is 29.9 Å². The van der Waals surface area contributed by atoms with Crippen LogP contribution in [-0.4, -0.2) is 36.2 Å². The van der Waals surface area contributed by atoms with Crippen LogP contribution in [0, 0.1) is 11.7 Å². The number of nitrogens with zero attached hydrogens (tertiary/aromatic N) is 2. The molecule has 0 N–H and O–H groups in total. The highest BCUT2D eigenvalue weighted by Gasteiger charge is 2.43. The van der Waals surface area contributed by atoms with Crippen molar-refractivity contribution >= 4 is 23.1 Å². The maximum Gasteiger partial charge on any atom is 0.573 e. The minimum absolute atomic E-state index is 0.0404. The van der Waals surface area contributed by atoms with Crippen LogP contribution in [0.25, 0.3) is 5.57 Å². The first kappa shape index (κ1) is 21.9. The van der Waals surface area contributed by atoms with Crippen molar-refractivity contribution in [3.63, 3.8) is 0 Å². The lowest BCUT2D eigenvalue weighted by atomic mass is 9.98. The molecular formula is C23H20F4N2O3. The van der Waals surface area contributed by atoms with Gasteiger partial charge in [0.25, 0.3) is 11.8 Å². The minimum Gasteiger partial charge on any atom is -0.406 e. The molecule has 0 saturated carbocycles. The second kappa shape index (κ2) is 8.29. The van der Waals surface area contributed by atoms with Gasteiger partial charge in [0.1, 0.15) is 17.3 Å². The highest BCUT2D eigenvalue weighted by Crippen LogP contribution is 2.37. The molecule has 2 aromatic rings. The number of hydrogen-bond donors (Lipinski definition) is 0. The number of piperidine rings is 1. The van der Waals surface area contributed by atoms with Crippen LogP contribution >= 0.6 is 0 Å². The van der Waals surface area contributed by atoms with Crippen molar-refractivity contribution in [1.29, 1.82) is 0 Å². The standard InChI is InChI=1S/C23H20F4N2O3/c1-14-4-3-11-28(13-14)20-19(15-7-9-16(24)10-8-15)21(30)29(22(20)31)17-5-2-6-18(12-17)32-23(25,26)27/h2,5-10,12,14H,3-4,11,13H2,1H3. The molecule has 2 amide bonds. The molecule has 0 aliphatic carbocycles. The maximum absolute atomic E-state index is 13.5. The predicted octanol–water partition coefficient (Wildman–Crippen LogP) is 4.74. The van der Waals surface area contributed by atoms with Gasteiger partial charge in [0.05, 0.1) is 11.3 Å². The van der Waals surface area contributed by atoms with Gasteiger partial charge < -0.3 is 9.64 Å². The summed E-state index contributed by atoms with van der Waals surface area (Å²) in [5.74, 6) is -2.05. The van der Waals surface area contributed by atoms with Gasteiger partial charge in [0.15, 0.2) is 0 Å². The Morgan fingerprint density at radius 1 is 1.03 bits per heavy atom. The first-order chi connectivity index (χ1) is 15.1. The lowest BCUT2D eigenvalue weighted by Crippen LogP contribution is -2.39. The van der Waals surface area contributed by atoms with Crippen LogP contribution in [0.15, 0.2) is 54.2 Å². The molecule has 4 rings (SSSR count). The molecule has 2 heterocycles. The molecule has 0 bridgehead atoms. The van der Waals surface area contributed by atoms with E-state index in [4.69, 9.17) is 0 Å². The summed E-state index contributed by atoms with van der Waals surface area (Å²) in [4.78, 5) is 29.5. The fraction of sp³-hybridized carbons (Fsp3) is 0.304. The molecule has 9 heteroatoms. The number of hydrogen-bond acceptors (Lipinski definition) is 4. The van der Waals surface area contributed by atoms with Gasteiger partial charge in [-0.05, 0) is 48.6 Å². The van der Waals surface area contributed by atoms with E-state index >= 15 is 0 Å². The number of benzene rings is 2. The summed E-state index contributed by atoms with van der Waals surface area (Å²) in [5.41, 5.74) is 0.603. The van der Waals surface area contributed by atoms with Crippen LogP contribution < -0.4 is 9.64 Å². The van der Waals surface area contributed by atoms with Gasteiger partial charge in [0, 0.05) is 19.2 Å². The monoisotopic (exact) mass is 448 g/mol.